The zero-order valence-electron chi connectivity index (χ0n) is 17.1. The van der Waals surface area contributed by atoms with Crippen molar-refractivity contribution in [2.45, 2.75) is 19.2 Å². The molecule has 0 amide bonds. The lowest BCUT2D eigenvalue weighted by Crippen LogP contribution is -2.39. The number of ether oxygens (including phenoxy) is 2. The summed E-state index contributed by atoms with van der Waals surface area (Å²) < 4.78 is 22.9. The van der Waals surface area contributed by atoms with Gasteiger partial charge in [-0.15, -0.1) is 24.0 Å². The number of nitrogens with one attached hydrogen (secondary N) is 2. The molecule has 0 aliphatic carbocycles. The van der Waals surface area contributed by atoms with Crippen LogP contribution in [0.4, 0.5) is 0 Å². The Morgan fingerprint density at radius 1 is 1.07 bits per heavy atom. The third-order valence-electron chi connectivity index (χ3n) is 4.04. The lowest BCUT2D eigenvalue weighted by Gasteiger charge is -2.12. The van der Waals surface area contributed by atoms with E-state index >= 15 is 0 Å². The van der Waals surface area contributed by atoms with Gasteiger partial charge in [0, 0.05) is 47.0 Å². The Bertz CT molecular complexity index is 788. The highest BCUT2D eigenvalue weighted by molar-refractivity contribution is 14.0. The Balaban J connectivity index is 0.00000420. The molecule has 0 saturated heterocycles. The van der Waals surface area contributed by atoms with Crippen molar-refractivity contribution in [3.8, 4) is 11.5 Å². The highest BCUT2D eigenvalue weighted by Gasteiger charge is 2.06. The van der Waals surface area contributed by atoms with E-state index in [1.807, 2.05) is 55.5 Å². The maximum absolute atomic E-state index is 12.3. The largest absolute Gasteiger partial charge is 0.497 e. The van der Waals surface area contributed by atoms with Crippen LogP contribution in [0.2, 0.25) is 0 Å². The fourth-order valence-electron chi connectivity index (χ4n) is 2.60. The fraction of sp³-hybridized carbons (Fsp3) is 0.381. The van der Waals surface area contributed by atoms with E-state index in [4.69, 9.17) is 9.47 Å². The molecule has 1 unspecified atom stereocenters. The van der Waals surface area contributed by atoms with Gasteiger partial charge in [-0.3, -0.25) is 4.21 Å². The molecule has 1 atom stereocenters. The van der Waals surface area contributed by atoms with Crippen molar-refractivity contribution in [3.63, 3.8) is 0 Å². The van der Waals surface area contributed by atoms with Crippen molar-refractivity contribution in [1.29, 1.82) is 0 Å². The lowest BCUT2D eigenvalue weighted by atomic mass is 10.2. The van der Waals surface area contributed by atoms with E-state index in [2.05, 4.69) is 15.6 Å². The average molecular weight is 531 g/mol. The molecule has 0 spiro atoms. The third-order valence-corrected chi connectivity index (χ3v) is 5.35. The van der Waals surface area contributed by atoms with Crippen molar-refractivity contribution < 1.29 is 13.7 Å². The molecule has 0 fully saturated rings. The van der Waals surface area contributed by atoms with Crippen LogP contribution in [0.15, 0.2) is 53.5 Å². The molecule has 2 aromatic carbocycles. The molecular formula is C21H30IN3O3S. The highest BCUT2D eigenvalue weighted by Crippen LogP contribution is 2.25. The molecule has 0 aromatic heterocycles. The SMILES string of the molecule is CCNC(=NCc1ccc(OC)cc1OC)NCCS(=O)Cc1ccccc1.I. The van der Waals surface area contributed by atoms with Gasteiger partial charge >= 0.3 is 0 Å². The van der Waals surface area contributed by atoms with Gasteiger partial charge in [-0.05, 0) is 24.6 Å². The van der Waals surface area contributed by atoms with E-state index < -0.39 is 10.8 Å². The first-order chi connectivity index (χ1) is 13.7. The minimum atomic E-state index is -0.919. The number of rotatable bonds is 10. The molecule has 0 aliphatic rings. The molecule has 0 radical (unpaired) electrons. The zero-order valence-corrected chi connectivity index (χ0v) is 20.3. The quantitative estimate of drug-likeness (QED) is 0.280. The number of hydrogen-bond donors (Lipinski definition) is 2. The normalized spacial score (nSPS) is 11.9. The molecule has 6 nitrogen and oxygen atoms in total. The molecular weight excluding hydrogens is 501 g/mol. The highest BCUT2D eigenvalue weighted by atomic mass is 127. The summed E-state index contributed by atoms with van der Waals surface area (Å²) in [6.45, 7) is 3.82. The smallest absolute Gasteiger partial charge is 0.191 e. The maximum Gasteiger partial charge on any atom is 0.191 e. The van der Waals surface area contributed by atoms with Gasteiger partial charge < -0.3 is 20.1 Å². The van der Waals surface area contributed by atoms with Crippen molar-refractivity contribution in [1.82, 2.24) is 10.6 Å². The Hall–Kier alpha value is -1.81. The van der Waals surface area contributed by atoms with Gasteiger partial charge in [0.25, 0.3) is 0 Å². The second-order valence-electron chi connectivity index (χ2n) is 6.07. The lowest BCUT2D eigenvalue weighted by molar-refractivity contribution is 0.391. The summed E-state index contributed by atoms with van der Waals surface area (Å²) in [5.74, 6) is 3.31. The summed E-state index contributed by atoms with van der Waals surface area (Å²) in [5, 5.41) is 6.46. The Morgan fingerprint density at radius 2 is 1.83 bits per heavy atom. The molecule has 8 heteroatoms. The average Bonchev–Trinajstić information content (AvgIpc) is 2.72. The molecule has 0 saturated carbocycles. The first kappa shape index (κ1) is 25.2. The number of halogens is 1. The van der Waals surface area contributed by atoms with E-state index in [0.717, 1.165) is 29.2 Å². The first-order valence-corrected chi connectivity index (χ1v) is 10.8. The van der Waals surface area contributed by atoms with E-state index in [9.17, 15) is 4.21 Å². The van der Waals surface area contributed by atoms with Gasteiger partial charge in [-0.1, -0.05) is 30.3 Å². The summed E-state index contributed by atoms with van der Waals surface area (Å²) in [4.78, 5) is 4.60. The minimum Gasteiger partial charge on any atom is -0.497 e. The number of nitrogens with zero attached hydrogens (tertiary/aromatic N) is 1. The van der Waals surface area contributed by atoms with Crippen LogP contribution < -0.4 is 20.1 Å². The van der Waals surface area contributed by atoms with Crippen LogP contribution in [-0.4, -0.2) is 43.2 Å². The van der Waals surface area contributed by atoms with Crippen molar-refractivity contribution in [2.75, 3.05) is 33.1 Å². The number of benzene rings is 2. The van der Waals surface area contributed by atoms with E-state index in [1.54, 1.807) is 14.2 Å². The first-order valence-electron chi connectivity index (χ1n) is 9.28. The van der Waals surface area contributed by atoms with Gasteiger partial charge in [-0.25, -0.2) is 4.99 Å². The van der Waals surface area contributed by atoms with E-state index in [1.165, 1.54) is 0 Å². The molecule has 0 bridgehead atoms. The summed E-state index contributed by atoms with van der Waals surface area (Å²) >= 11 is 0. The minimum absolute atomic E-state index is 0. The fourth-order valence-corrected chi connectivity index (χ4v) is 3.64. The van der Waals surface area contributed by atoms with Crippen LogP contribution >= 0.6 is 24.0 Å². The molecule has 0 aliphatic heterocycles. The van der Waals surface area contributed by atoms with E-state index in [0.29, 0.717) is 30.6 Å². The van der Waals surface area contributed by atoms with Gasteiger partial charge in [-0.2, -0.15) is 0 Å². The van der Waals surface area contributed by atoms with Crippen molar-refractivity contribution in [3.05, 3.63) is 59.7 Å². The summed E-state index contributed by atoms with van der Waals surface area (Å²) in [7, 11) is 2.34. The van der Waals surface area contributed by atoms with Crippen LogP contribution in [0.25, 0.3) is 0 Å². The number of guanidine groups is 1. The molecule has 29 heavy (non-hydrogen) atoms. The van der Waals surface area contributed by atoms with Crippen LogP contribution in [-0.2, 0) is 23.1 Å². The Labute approximate surface area is 193 Å². The molecule has 2 N–H and O–H groups in total. The number of hydrogen-bond acceptors (Lipinski definition) is 4. The van der Waals surface area contributed by atoms with Crippen molar-refractivity contribution in [2.24, 2.45) is 4.99 Å². The second kappa shape index (κ2) is 14.2. The Kier molecular flexibility index (Phi) is 12.4. The van der Waals surface area contributed by atoms with Crippen LogP contribution in [0, 0.1) is 0 Å². The second-order valence-corrected chi connectivity index (χ2v) is 7.65. The van der Waals surface area contributed by atoms with Crippen LogP contribution in [0.3, 0.4) is 0 Å². The predicted octanol–water partition coefficient (Wildman–Crippen LogP) is 3.33. The molecule has 0 heterocycles. The summed E-state index contributed by atoms with van der Waals surface area (Å²) in [6, 6.07) is 15.6. The number of aliphatic imine (C=N–C) groups is 1. The van der Waals surface area contributed by atoms with Gasteiger partial charge in [0.05, 0.1) is 20.8 Å². The summed E-state index contributed by atoms with van der Waals surface area (Å²) in [6.07, 6.45) is 0. The molecule has 160 valence electrons. The molecule has 2 rings (SSSR count). The maximum atomic E-state index is 12.3. The van der Waals surface area contributed by atoms with Gasteiger partial charge in [0.1, 0.15) is 11.5 Å². The standard InChI is InChI=1S/C21H29N3O3S.HI/c1-4-22-21(23-12-13-28(25)16-17-8-6-5-7-9-17)24-15-18-10-11-19(26-2)14-20(18)27-3;/h5-11,14H,4,12-13,15-16H2,1-3H3,(H2,22,23,24);1H. The number of methoxy groups -OCH3 is 2. The monoisotopic (exact) mass is 531 g/mol. The predicted molar refractivity (Wildman–Crippen MR) is 131 cm³/mol. The summed E-state index contributed by atoms with van der Waals surface area (Å²) in [5.41, 5.74) is 2.06. The van der Waals surface area contributed by atoms with Gasteiger partial charge in [0.2, 0.25) is 0 Å². The van der Waals surface area contributed by atoms with Gasteiger partial charge in [0.15, 0.2) is 5.96 Å². The van der Waals surface area contributed by atoms with Crippen molar-refractivity contribution >= 4 is 40.7 Å². The topological polar surface area (TPSA) is 72.0 Å². The Morgan fingerprint density at radius 3 is 2.48 bits per heavy atom. The van der Waals surface area contributed by atoms with Crippen LogP contribution in [0.1, 0.15) is 18.1 Å². The van der Waals surface area contributed by atoms with E-state index in [-0.39, 0.29) is 24.0 Å². The zero-order chi connectivity index (χ0) is 20.2. The van der Waals surface area contributed by atoms with Crippen LogP contribution in [0.5, 0.6) is 11.5 Å². The molecule has 2 aromatic rings. The third kappa shape index (κ3) is 9.03.